The SMILES string of the molecule is NC(=O)COc1ccc(S(=O)(=O)N2CC[C@@H](Oc3cnccn3)C2)cc1. The number of sulfonamides is 1. The van der Waals surface area contributed by atoms with E-state index in [2.05, 4.69) is 9.97 Å². The molecule has 1 saturated heterocycles. The molecule has 0 saturated carbocycles. The Morgan fingerprint density at radius 1 is 1.27 bits per heavy atom. The minimum absolute atomic E-state index is 0.143. The van der Waals surface area contributed by atoms with E-state index in [9.17, 15) is 13.2 Å². The number of carbonyl (C=O) groups excluding carboxylic acids is 1. The zero-order valence-corrected chi connectivity index (χ0v) is 14.6. The van der Waals surface area contributed by atoms with Crippen LogP contribution in [0.25, 0.3) is 0 Å². The summed E-state index contributed by atoms with van der Waals surface area (Å²) in [7, 11) is -3.64. The van der Waals surface area contributed by atoms with Gasteiger partial charge in [-0.1, -0.05) is 0 Å². The fourth-order valence-electron chi connectivity index (χ4n) is 2.54. The molecule has 0 radical (unpaired) electrons. The number of aromatic nitrogens is 2. The Bertz CT molecular complexity index is 858. The fraction of sp³-hybridized carbons (Fsp3) is 0.312. The molecule has 3 rings (SSSR count). The molecule has 0 aliphatic carbocycles. The highest BCUT2D eigenvalue weighted by Crippen LogP contribution is 2.24. The molecule has 9 nitrogen and oxygen atoms in total. The van der Waals surface area contributed by atoms with Crippen LogP contribution < -0.4 is 15.2 Å². The predicted molar refractivity (Wildman–Crippen MR) is 91.0 cm³/mol. The summed E-state index contributed by atoms with van der Waals surface area (Å²) in [4.78, 5) is 18.8. The topological polar surface area (TPSA) is 125 Å². The molecular weight excluding hydrogens is 360 g/mol. The molecule has 0 bridgehead atoms. The van der Waals surface area contributed by atoms with Crippen LogP contribution in [0.3, 0.4) is 0 Å². The van der Waals surface area contributed by atoms with Crippen molar-refractivity contribution in [3.05, 3.63) is 42.9 Å². The smallest absolute Gasteiger partial charge is 0.255 e. The zero-order valence-electron chi connectivity index (χ0n) is 13.8. The monoisotopic (exact) mass is 378 g/mol. The molecule has 1 amide bonds. The van der Waals surface area contributed by atoms with Crippen molar-refractivity contribution in [1.82, 2.24) is 14.3 Å². The van der Waals surface area contributed by atoms with Crippen molar-refractivity contribution in [2.24, 2.45) is 5.73 Å². The Morgan fingerprint density at radius 2 is 2.04 bits per heavy atom. The van der Waals surface area contributed by atoms with Crippen molar-refractivity contribution in [3.63, 3.8) is 0 Å². The molecule has 1 aliphatic heterocycles. The molecule has 2 heterocycles. The van der Waals surface area contributed by atoms with Crippen molar-refractivity contribution >= 4 is 15.9 Å². The highest BCUT2D eigenvalue weighted by atomic mass is 32.2. The van der Waals surface area contributed by atoms with Crippen LogP contribution in [0.1, 0.15) is 6.42 Å². The molecule has 2 aromatic rings. The van der Waals surface area contributed by atoms with E-state index >= 15 is 0 Å². The standard InChI is InChI=1S/C16H18N4O5S/c17-15(21)11-24-12-1-3-14(4-2-12)26(22,23)20-8-5-13(10-20)25-16-9-18-6-7-19-16/h1-4,6-7,9,13H,5,8,10-11H2,(H2,17,21)/t13-/m1/s1. The number of benzene rings is 1. The summed E-state index contributed by atoms with van der Waals surface area (Å²) in [6, 6.07) is 5.84. The Labute approximate surface area is 150 Å². The highest BCUT2D eigenvalue weighted by Gasteiger charge is 2.33. The lowest BCUT2D eigenvalue weighted by atomic mass is 10.3. The van der Waals surface area contributed by atoms with E-state index in [1.165, 1.54) is 47.2 Å². The summed E-state index contributed by atoms with van der Waals surface area (Å²) in [5.74, 6) is 0.133. The molecule has 1 fully saturated rings. The van der Waals surface area contributed by atoms with Crippen molar-refractivity contribution in [3.8, 4) is 11.6 Å². The van der Waals surface area contributed by atoms with Gasteiger partial charge in [0.15, 0.2) is 6.61 Å². The maximum atomic E-state index is 12.7. The lowest BCUT2D eigenvalue weighted by Gasteiger charge is -2.17. The average molecular weight is 378 g/mol. The van der Waals surface area contributed by atoms with Gasteiger partial charge in [-0.15, -0.1) is 0 Å². The van der Waals surface area contributed by atoms with Gasteiger partial charge in [0, 0.05) is 18.9 Å². The number of rotatable bonds is 7. The Morgan fingerprint density at radius 3 is 2.69 bits per heavy atom. The summed E-state index contributed by atoms with van der Waals surface area (Å²) < 4.78 is 37.6. The van der Waals surface area contributed by atoms with Crippen molar-refractivity contribution < 1.29 is 22.7 Å². The normalized spacial score (nSPS) is 17.8. The number of amides is 1. The van der Waals surface area contributed by atoms with E-state index in [-0.39, 0.29) is 24.2 Å². The van der Waals surface area contributed by atoms with Crippen LogP contribution in [-0.4, -0.2) is 54.4 Å². The number of hydrogen-bond donors (Lipinski definition) is 1. The molecule has 1 aliphatic rings. The van der Waals surface area contributed by atoms with E-state index < -0.39 is 15.9 Å². The third kappa shape index (κ3) is 4.27. The van der Waals surface area contributed by atoms with Crippen LogP contribution in [-0.2, 0) is 14.8 Å². The molecule has 1 aromatic carbocycles. The molecule has 1 aromatic heterocycles. The van der Waals surface area contributed by atoms with Gasteiger partial charge in [0.05, 0.1) is 17.6 Å². The van der Waals surface area contributed by atoms with E-state index in [4.69, 9.17) is 15.2 Å². The molecule has 138 valence electrons. The van der Waals surface area contributed by atoms with Crippen molar-refractivity contribution in [2.75, 3.05) is 19.7 Å². The number of carbonyl (C=O) groups is 1. The summed E-state index contributed by atoms with van der Waals surface area (Å²) in [6.45, 7) is 0.325. The first-order valence-corrected chi connectivity index (χ1v) is 9.33. The first-order chi connectivity index (χ1) is 12.4. The van der Waals surface area contributed by atoms with E-state index in [1.807, 2.05) is 0 Å². The highest BCUT2D eigenvalue weighted by molar-refractivity contribution is 7.89. The first-order valence-electron chi connectivity index (χ1n) is 7.89. The Hall–Kier alpha value is -2.72. The van der Waals surface area contributed by atoms with Gasteiger partial charge in [0.25, 0.3) is 5.91 Å². The fourth-order valence-corrected chi connectivity index (χ4v) is 4.03. The average Bonchev–Trinajstić information content (AvgIpc) is 3.10. The number of hydrogen-bond acceptors (Lipinski definition) is 7. The van der Waals surface area contributed by atoms with Gasteiger partial charge in [0.1, 0.15) is 11.9 Å². The summed E-state index contributed by atoms with van der Waals surface area (Å²) in [6.07, 6.45) is 4.83. The van der Waals surface area contributed by atoms with E-state index in [0.717, 1.165) is 0 Å². The van der Waals surface area contributed by atoms with Gasteiger partial charge in [-0.05, 0) is 30.7 Å². The van der Waals surface area contributed by atoms with Crippen LogP contribution in [0, 0.1) is 0 Å². The lowest BCUT2D eigenvalue weighted by molar-refractivity contribution is -0.119. The minimum Gasteiger partial charge on any atom is -0.484 e. The number of nitrogens with zero attached hydrogens (tertiary/aromatic N) is 3. The predicted octanol–water partition coefficient (Wildman–Crippen LogP) is 0.183. The minimum atomic E-state index is -3.64. The second-order valence-electron chi connectivity index (χ2n) is 5.66. The van der Waals surface area contributed by atoms with Gasteiger partial charge in [-0.25, -0.2) is 13.4 Å². The van der Waals surface area contributed by atoms with Gasteiger partial charge >= 0.3 is 0 Å². The third-order valence-electron chi connectivity index (χ3n) is 3.78. The maximum absolute atomic E-state index is 12.7. The summed E-state index contributed by atoms with van der Waals surface area (Å²) in [5.41, 5.74) is 5.00. The van der Waals surface area contributed by atoms with Crippen molar-refractivity contribution in [2.45, 2.75) is 17.4 Å². The van der Waals surface area contributed by atoms with E-state index in [1.54, 1.807) is 0 Å². The van der Waals surface area contributed by atoms with Crippen LogP contribution in [0.4, 0.5) is 0 Å². The number of nitrogens with two attached hydrogens (primary N) is 1. The van der Waals surface area contributed by atoms with E-state index in [0.29, 0.717) is 24.6 Å². The van der Waals surface area contributed by atoms with Gasteiger partial charge in [0.2, 0.25) is 15.9 Å². The molecule has 10 heteroatoms. The van der Waals surface area contributed by atoms with Crippen LogP contribution in [0.2, 0.25) is 0 Å². The molecular formula is C16H18N4O5S. The third-order valence-corrected chi connectivity index (χ3v) is 5.66. The van der Waals surface area contributed by atoms with Gasteiger partial charge in [-0.2, -0.15) is 4.31 Å². The lowest BCUT2D eigenvalue weighted by Crippen LogP contribution is -2.31. The van der Waals surface area contributed by atoms with Crippen LogP contribution >= 0.6 is 0 Å². The quantitative estimate of drug-likeness (QED) is 0.729. The molecule has 0 unspecified atom stereocenters. The second-order valence-corrected chi connectivity index (χ2v) is 7.60. The maximum Gasteiger partial charge on any atom is 0.255 e. The Kier molecular flexibility index (Phi) is 5.33. The Balaban J connectivity index is 1.64. The number of primary amides is 1. The first kappa shape index (κ1) is 18.1. The van der Waals surface area contributed by atoms with Gasteiger partial charge < -0.3 is 15.2 Å². The molecule has 0 spiro atoms. The number of ether oxygens (including phenoxy) is 2. The molecule has 26 heavy (non-hydrogen) atoms. The van der Waals surface area contributed by atoms with Crippen molar-refractivity contribution in [1.29, 1.82) is 0 Å². The molecule has 2 N–H and O–H groups in total. The molecule has 1 atom stereocenters. The zero-order chi connectivity index (χ0) is 18.6. The second kappa shape index (κ2) is 7.67. The van der Waals surface area contributed by atoms with Gasteiger partial charge in [-0.3, -0.25) is 9.78 Å². The largest absolute Gasteiger partial charge is 0.484 e. The van der Waals surface area contributed by atoms with Crippen LogP contribution in [0.5, 0.6) is 11.6 Å². The summed E-state index contributed by atoms with van der Waals surface area (Å²) in [5, 5.41) is 0. The van der Waals surface area contributed by atoms with Crippen LogP contribution in [0.15, 0.2) is 47.8 Å². The summed E-state index contributed by atoms with van der Waals surface area (Å²) >= 11 is 0.